The van der Waals surface area contributed by atoms with Gasteiger partial charge in [0.1, 0.15) is 17.8 Å². The first kappa shape index (κ1) is 13.7. The van der Waals surface area contributed by atoms with Crippen LogP contribution >= 0.6 is 0 Å². The number of hydrogen-bond acceptors (Lipinski definition) is 5. The minimum atomic E-state index is -1.50. The summed E-state index contributed by atoms with van der Waals surface area (Å²) in [4.78, 5) is 23.4. The smallest absolute Gasteiger partial charge is 0.411 e. The third-order valence-corrected chi connectivity index (χ3v) is 2.32. The fourth-order valence-electron chi connectivity index (χ4n) is 1.61. The van der Waals surface area contributed by atoms with Gasteiger partial charge in [0.25, 0.3) is 0 Å². The molecule has 7 heteroatoms. The topological polar surface area (TPSA) is 107 Å². The highest BCUT2D eigenvalue weighted by Gasteiger charge is 2.48. The predicted octanol–water partition coefficient (Wildman–Crippen LogP) is -0.588. The number of carboxylic acid groups (broad SMARTS) is 1. The molecule has 0 saturated carbocycles. The average molecular weight is 247 g/mol. The summed E-state index contributed by atoms with van der Waals surface area (Å²) in [5, 5.41) is 27.7. The lowest BCUT2D eigenvalue weighted by Crippen LogP contribution is -2.47. The summed E-state index contributed by atoms with van der Waals surface area (Å²) in [6, 6.07) is -1.47. The molecule has 17 heavy (non-hydrogen) atoms. The molecule has 98 valence electrons. The Hall–Kier alpha value is -1.34. The minimum absolute atomic E-state index is 0.257. The van der Waals surface area contributed by atoms with Crippen LogP contribution in [-0.2, 0) is 9.53 Å². The molecule has 0 bridgehead atoms. The Morgan fingerprint density at radius 1 is 1.29 bits per heavy atom. The second-order valence-corrected chi connectivity index (χ2v) is 4.97. The quantitative estimate of drug-likeness (QED) is 0.572. The van der Waals surface area contributed by atoms with Crippen molar-refractivity contribution in [3.05, 3.63) is 0 Å². The Labute approximate surface area is 98.6 Å². The number of amides is 1. The molecule has 1 rings (SSSR count). The van der Waals surface area contributed by atoms with E-state index >= 15 is 0 Å². The molecule has 1 heterocycles. The van der Waals surface area contributed by atoms with Crippen LogP contribution < -0.4 is 0 Å². The van der Waals surface area contributed by atoms with Gasteiger partial charge in [0, 0.05) is 0 Å². The van der Waals surface area contributed by atoms with E-state index in [1.807, 2.05) is 0 Å². The number of β-amino-alcohol motifs (C(OH)–C–C–N with tert-alkyl or cyclic N) is 1. The van der Waals surface area contributed by atoms with Crippen molar-refractivity contribution in [2.45, 2.75) is 44.6 Å². The number of carboxylic acids is 1. The van der Waals surface area contributed by atoms with Gasteiger partial charge in [-0.3, -0.25) is 4.90 Å². The van der Waals surface area contributed by atoms with Crippen LogP contribution in [-0.4, -0.2) is 62.7 Å². The van der Waals surface area contributed by atoms with E-state index in [1.165, 1.54) is 0 Å². The Morgan fingerprint density at radius 2 is 1.82 bits per heavy atom. The monoisotopic (exact) mass is 247 g/mol. The van der Waals surface area contributed by atoms with E-state index in [4.69, 9.17) is 9.84 Å². The van der Waals surface area contributed by atoms with E-state index < -0.39 is 35.9 Å². The number of aliphatic carboxylic acids is 1. The normalized spacial score (nSPS) is 29.2. The van der Waals surface area contributed by atoms with Gasteiger partial charge < -0.3 is 20.1 Å². The summed E-state index contributed by atoms with van der Waals surface area (Å²) in [6.45, 7) is 4.67. The van der Waals surface area contributed by atoms with Crippen LogP contribution in [0.25, 0.3) is 0 Å². The lowest BCUT2D eigenvalue weighted by atomic mass is 10.1. The highest BCUT2D eigenvalue weighted by molar-refractivity contribution is 5.81. The van der Waals surface area contributed by atoms with E-state index in [-0.39, 0.29) is 6.54 Å². The largest absolute Gasteiger partial charge is 0.480 e. The maximum absolute atomic E-state index is 11.7. The third kappa shape index (κ3) is 3.07. The molecule has 1 fully saturated rings. The molecule has 3 N–H and O–H groups in total. The van der Waals surface area contributed by atoms with E-state index in [9.17, 15) is 19.8 Å². The number of ether oxygens (including phenoxy) is 1. The molecular weight excluding hydrogens is 230 g/mol. The maximum atomic E-state index is 11.7. The van der Waals surface area contributed by atoms with Crippen molar-refractivity contribution in [2.75, 3.05) is 6.54 Å². The molecule has 0 unspecified atom stereocenters. The van der Waals surface area contributed by atoms with Crippen molar-refractivity contribution in [3.63, 3.8) is 0 Å². The Morgan fingerprint density at radius 3 is 2.24 bits per heavy atom. The first-order valence-corrected chi connectivity index (χ1v) is 5.22. The molecule has 0 radical (unpaired) electrons. The zero-order chi connectivity index (χ0) is 13.4. The molecule has 0 spiro atoms. The van der Waals surface area contributed by atoms with Crippen LogP contribution in [0.1, 0.15) is 20.8 Å². The summed E-state index contributed by atoms with van der Waals surface area (Å²) in [5.74, 6) is -1.38. The minimum Gasteiger partial charge on any atom is -0.480 e. The number of likely N-dealkylation sites (tertiary alicyclic amines) is 1. The van der Waals surface area contributed by atoms with Gasteiger partial charge in [-0.25, -0.2) is 9.59 Å². The van der Waals surface area contributed by atoms with Crippen molar-refractivity contribution in [3.8, 4) is 0 Å². The van der Waals surface area contributed by atoms with Crippen molar-refractivity contribution in [1.82, 2.24) is 4.90 Å². The summed E-state index contributed by atoms with van der Waals surface area (Å²) >= 11 is 0. The zero-order valence-electron chi connectivity index (χ0n) is 9.95. The highest BCUT2D eigenvalue weighted by atomic mass is 16.6. The van der Waals surface area contributed by atoms with Crippen LogP contribution in [0.3, 0.4) is 0 Å². The van der Waals surface area contributed by atoms with Gasteiger partial charge in [-0.05, 0) is 20.8 Å². The van der Waals surface area contributed by atoms with Crippen LogP contribution in [0.5, 0.6) is 0 Å². The van der Waals surface area contributed by atoms with Crippen molar-refractivity contribution in [1.29, 1.82) is 0 Å². The molecule has 0 aromatic carbocycles. The summed E-state index contributed by atoms with van der Waals surface area (Å²) in [5.41, 5.74) is -0.765. The van der Waals surface area contributed by atoms with Gasteiger partial charge in [0.2, 0.25) is 0 Å². The molecule has 0 aliphatic carbocycles. The summed E-state index contributed by atoms with van der Waals surface area (Å²) in [6.07, 6.45) is -3.64. The number of aliphatic hydroxyl groups is 2. The molecular formula is C10H17NO6. The highest BCUT2D eigenvalue weighted by Crippen LogP contribution is 2.22. The predicted molar refractivity (Wildman–Crippen MR) is 56.4 cm³/mol. The first-order chi connectivity index (χ1) is 7.63. The number of nitrogens with zero attached hydrogens (tertiary/aromatic N) is 1. The lowest BCUT2D eigenvalue weighted by Gasteiger charge is -2.27. The molecule has 0 aromatic heterocycles. The Balaban J connectivity index is 2.82. The van der Waals surface area contributed by atoms with Crippen LogP contribution in [0.15, 0.2) is 0 Å². The first-order valence-electron chi connectivity index (χ1n) is 5.22. The number of carbonyl (C=O) groups is 2. The van der Waals surface area contributed by atoms with Gasteiger partial charge >= 0.3 is 12.1 Å². The van der Waals surface area contributed by atoms with Gasteiger partial charge in [0.15, 0.2) is 6.04 Å². The molecule has 1 aliphatic rings. The number of carbonyl (C=O) groups excluding carboxylic acids is 1. The van der Waals surface area contributed by atoms with Gasteiger partial charge in [-0.2, -0.15) is 0 Å². The Bertz CT molecular complexity index is 323. The maximum Gasteiger partial charge on any atom is 0.411 e. The molecule has 1 amide bonds. The third-order valence-electron chi connectivity index (χ3n) is 2.32. The fraction of sp³-hybridized carbons (Fsp3) is 0.800. The van der Waals surface area contributed by atoms with Crippen molar-refractivity contribution >= 4 is 12.1 Å². The molecule has 1 saturated heterocycles. The number of hydrogen-bond donors (Lipinski definition) is 3. The van der Waals surface area contributed by atoms with E-state index in [0.717, 1.165) is 4.90 Å². The zero-order valence-corrected chi connectivity index (χ0v) is 9.95. The molecule has 7 nitrogen and oxygen atoms in total. The fourth-order valence-corrected chi connectivity index (χ4v) is 1.61. The molecule has 0 aromatic rings. The standard InChI is InChI=1S/C10H17NO6/c1-10(2,3)17-9(16)11-4-5(12)7(13)6(11)8(14)15/h5-7,12-13H,4H2,1-3H3,(H,14,15)/t5-,6-,7-/m1/s1. The van der Waals surface area contributed by atoms with Crippen molar-refractivity contribution in [2.24, 2.45) is 0 Å². The number of rotatable bonds is 1. The SMILES string of the molecule is CC(C)(C)OC(=O)N1C[C@@H](O)[C@@H](O)[C@@H]1C(=O)O. The molecule has 3 atom stereocenters. The van der Waals surface area contributed by atoms with Crippen LogP contribution in [0.4, 0.5) is 4.79 Å². The lowest BCUT2D eigenvalue weighted by molar-refractivity contribution is -0.145. The molecule has 1 aliphatic heterocycles. The van der Waals surface area contributed by atoms with Gasteiger partial charge in [-0.1, -0.05) is 0 Å². The van der Waals surface area contributed by atoms with Gasteiger partial charge in [-0.15, -0.1) is 0 Å². The van der Waals surface area contributed by atoms with Crippen LogP contribution in [0.2, 0.25) is 0 Å². The summed E-state index contributed by atoms with van der Waals surface area (Å²) in [7, 11) is 0. The number of aliphatic hydroxyl groups excluding tert-OH is 2. The Kier molecular flexibility index (Phi) is 3.63. The second-order valence-electron chi connectivity index (χ2n) is 4.97. The van der Waals surface area contributed by atoms with E-state index in [2.05, 4.69) is 0 Å². The van der Waals surface area contributed by atoms with Crippen LogP contribution in [0, 0.1) is 0 Å². The van der Waals surface area contributed by atoms with E-state index in [1.54, 1.807) is 20.8 Å². The average Bonchev–Trinajstić information content (AvgIpc) is 2.40. The summed E-state index contributed by atoms with van der Waals surface area (Å²) < 4.78 is 5.00. The van der Waals surface area contributed by atoms with Gasteiger partial charge in [0.05, 0.1) is 6.54 Å². The second kappa shape index (κ2) is 4.50. The van der Waals surface area contributed by atoms with Crippen molar-refractivity contribution < 1.29 is 29.6 Å². The van der Waals surface area contributed by atoms with E-state index in [0.29, 0.717) is 0 Å².